The van der Waals surface area contributed by atoms with E-state index in [9.17, 15) is 14.0 Å². The molecular formula is C19H24ClFN2O2. The van der Waals surface area contributed by atoms with E-state index in [0.29, 0.717) is 12.2 Å². The van der Waals surface area contributed by atoms with Crippen LogP contribution in [0.3, 0.4) is 0 Å². The summed E-state index contributed by atoms with van der Waals surface area (Å²) in [7, 11) is 0. The Balaban J connectivity index is 1.89. The zero-order valence-corrected chi connectivity index (χ0v) is 15.4. The number of carbonyl (C=O) groups excluding carboxylic acids is 2. The van der Waals surface area contributed by atoms with E-state index in [0.717, 1.165) is 19.3 Å². The van der Waals surface area contributed by atoms with Crippen molar-refractivity contribution in [1.82, 2.24) is 5.32 Å². The predicted octanol–water partition coefficient (Wildman–Crippen LogP) is 4.45. The van der Waals surface area contributed by atoms with Gasteiger partial charge in [0.25, 0.3) is 0 Å². The zero-order chi connectivity index (χ0) is 18.4. The van der Waals surface area contributed by atoms with Crippen LogP contribution in [0, 0.1) is 11.2 Å². The molecular weight excluding hydrogens is 343 g/mol. The summed E-state index contributed by atoms with van der Waals surface area (Å²) in [5, 5.41) is 5.36. The second-order valence-corrected chi connectivity index (χ2v) is 7.23. The molecule has 2 rings (SSSR count). The van der Waals surface area contributed by atoms with Crippen LogP contribution in [0.4, 0.5) is 10.1 Å². The van der Waals surface area contributed by atoms with Crippen molar-refractivity contribution in [3.05, 3.63) is 40.7 Å². The molecule has 1 aliphatic rings. The van der Waals surface area contributed by atoms with Gasteiger partial charge in [-0.05, 0) is 64.2 Å². The van der Waals surface area contributed by atoms with Gasteiger partial charge in [0.05, 0.1) is 5.02 Å². The second-order valence-electron chi connectivity index (χ2n) is 6.82. The SMILES string of the molecule is CC(C)(C(=O)NCCC1=CCCCC1)C(=O)Nc1ccc(F)c(Cl)c1. The summed E-state index contributed by atoms with van der Waals surface area (Å²) < 4.78 is 13.2. The van der Waals surface area contributed by atoms with Gasteiger partial charge >= 0.3 is 0 Å². The van der Waals surface area contributed by atoms with E-state index >= 15 is 0 Å². The van der Waals surface area contributed by atoms with Gasteiger partial charge in [0.1, 0.15) is 11.2 Å². The number of anilines is 1. The number of hydrogen-bond acceptors (Lipinski definition) is 2. The molecule has 0 fully saturated rings. The molecule has 2 amide bonds. The van der Waals surface area contributed by atoms with Crippen LogP contribution in [0.1, 0.15) is 46.0 Å². The molecule has 136 valence electrons. The molecule has 0 heterocycles. The first kappa shape index (κ1) is 19.4. The third-order valence-corrected chi connectivity index (χ3v) is 4.72. The Kier molecular flexibility index (Phi) is 6.59. The van der Waals surface area contributed by atoms with Gasteiger partial charge in [-0.2, -0.15) is 0 Å². The molecule has 0 radical (unpaired) electrons. The Bertz CT molecular complexity index is 686. The number of benzene rings is 1. The summed E-state index contributed by atoms with van der Waals surface area (Å²) in [6.07, 6.45) is 7.69. The number of amides is 2. The molecule has 6 heteroatoms. The van der Waals surface area contributed by atoms with Gasteiger partial charge in [0.2, 0.25) is 11.8 Å². The van der Waals surface area contributed by atoms with Crippen molar-refractivity contribution < 1.29 is 14.0 Å². The van der Waals surface area contributed by atoms with E-state index in [1.807, 2.05) is 0 Å². The molecule has 1 aromatic rings. The standard InChI is InChI=1S/C19H24ClFN2O2/c1-19(2,17(24)22-11-10-13-6-4-3-5-7-13)18(25)23-14-8-9-16(21)15(20)12-14/h6,8-9,12H,3-5,7,10-11H2,1-2H3,(H,22,24)(H,23,25). The van der Waals surface area contributed by atoms with Crippen molar-refractivity contribution in [3.63, 3.8) is 0 Å². The maximum absolute atomic E-state index is 13.2. The van der Waals surface area contributed by atoms with Gasteiger partial charge in [0.15, 0.2) is 0 Å². The minimum Gasteiger partial charge on any atom is -0.355 e. The van der Waals surface area contributed by atoms with Crippen molar-refractivity contribution in [3.8, 4) is 0 Å². The molecule has 0 aromatic heterocycles. The monoisotopic (exact) mass is 366 g/mol. The molecule has 1 aliphatic carbocycles. The maximum Gasteiger partial charge on any atom is 0.239 e. The van der Waals surface area contributed by atoms with Crippen LogP contribution < -0.4 is 10.6 Å². The van der Waals surface area contributed by atoms with Crippen LogP contribution in [0.15, 0.2) is 29.8 Å². The zero-order valence-electron chi connectivity index (χ0n) is 14.6. The summed E-state index contributed by atoms with van der Waals surface area (Å²) in [6, 6.07) is 3.89. The van der Waals surface area contributed by atoms with E-state index in [-0.39, 0.29) is 10.9 Å². The molecule has 2 N–H and O–H groups in total. The lowest BCUT2D eigenvalue weighted by atomic mass is 9.90. The molecule has 0 aliphatic heterocycles. The molecule has 0 atom stereocenters. The summed E-state index contributed by atoms with van der Waals surface area (Å²) in [4.78, 5) is 24.8. The minimum absolute atomic E-state index is 0.0826. The normalized spacial score (nSPS) is 14.6. The van der Waals surface area contributed by atoms with Crippen LogP contribution in [0.25, 0.3) is 0 Å². The fourth-order valence-electron chi connectivity index (χ4n) is 2.65. The summed E-state index contributed by atoms with van der Waals surface area (Å²) in [5.74, 6) is -1.37. The predicted molar refractivity (Wildman–Crippen MR) is 98.0 cm³/mol. The van der Waals surface area contributed by atoms with Crippen LogP contribution >= 0.6 is 11.6 Å². The molecule has 0 saturated heterocycles. The topological polar surface area (TPSA) is 58.2 Å². The molecule has 4 nitrogen and oxygen atoms in total. The Morgan fingerprint density at radius 1 is 1.24 bits per heavy atom. The van der Waals surface area contributed by atoms with Gasteiger partial charge in [0, 0.05) is 12.2 Å². The largest absolute Gasteiger partial charge is 0.355 e. The van der Waals surface area contributed by atoms with E-state index in [2.05, 4.69) is 16.7 Å². The third kappa shape index (κ3) is 5.30. The number of carbonyl (C=O) groups is 2. The van der Waals surface area contributed by atoms with E-state index < -0.39 is 17.1 Å². The molecule has 1 aromatic carbocycles. The molecule has 0 saturated carbocycles. The van der Waals surface area contributed by atoms with Gasteiger partial charge in [-0.25, -0.2) is 4.39 Å². The Morgan fingerprint density at radius 2 is 2.00 bits per heavy atom. The highest BCUT2D eigenvalue weighted by molar-refractivity contribution is 6.31. The smallest absolute Gasteiger partial charge is 0.239 e. The molecule has 25 heavy (non-hydrogen) atoms. The lowest BCUT2D eigenvalue weighted by molar-refractivity contribution is -0.138. The van der Waals surface area contributed by atoms with Crippen molar-refractivity contribution in [1.29, 1.82) is 0 Å². The van der Waals surface area contributed by atoms with E-state index in [1.165, 1.54) is 36.6 Å². The Hall–Kier alpha value is -1.88. The lowest BCUT2D eigenvalue weighted by Crippen LogP contribution is -2.45. The van der Waals surface area contributed by atoms with Gasteiger partial charge < -0.3 is 10.6 Å². The highest BCUT2D eigenvalue weighted by Gasteiger charge is 2.36. The molecule has 0 spiro atoms. The minimum atomic E-state index is -1.25. The van der Waals surface area contributed by atoms with Crippen molar-refractivity contribution in [2.24, 2.45) is 5.41 Å². The van der Waals surface area contributed by atoms with Gasteiger partial charge in [-0.3, -0.25) is 9.59 Å². The summed E-state index contributed by atoms with van der Waals surface area (Å²) in [5.41, 5.74) is 0.473. The average Bonchev–Trinajstić information content (AvgIpc) is 2.59. The lowest BCUT2D eigenvalue weighted by Gasteiger charge is -2.23. The first-order valence-corrected chi connectivity index (χ1v) is 8.91. The third-order valence-electron chi connectivity index (χ3n) is 4.43. The van der Waals surface area contributed by atoms with E-state index in [4.69, 9.17) is 11.6 Å². The highest BCUT2D eigenvalue weighted by Crippen LogP contribution is 2.23. The van der Waals surface area contributed by atoms with Gasteiger partial charge in [-0.15, -0.1) is 0 Å². The van der Waals surface area contributed by atoms with Crippen LogP contribution in [-0.2, 0) is 9.59 Å². The highest BCUT2D eigenvalue weighted by atomic mass is 35.5. The van der Waals surface area contributed by atoms with Gasteiger partial charge in [-0.1, -0.05) is 23.3 Å². The summed E-state index contributed by atoms with van der Waals surface area (Å²) in [6.45, 7) is 3.63. The van der Waals surface area contributed by atoms with Crippen LogP contribution in [0.2, 0.25) is 5.02 Å². The quantitative estimate of drug-likeness (QED) is 0.577. The first-order valence-electron chi connectivity index (χ1n) is 8.53. The van der Waals surface area contributed by atoms with Crippen LogP contribution in [-0.4, -0.2) is 18.4 Å². The summed E-state index contributed by atoms with van der Waals surface area (Å²) >= 11 is 5.71. The fraction of sp³-hybridized carbons (Fsp3) is 0.474. The molecule has 0 unspecified atom stereocenters. The number of allylic oxidation sites excluding steroid dienone is 1. The van der Waals surface area contributed by atoms with E-state index in [1.54, 1.807) is 13.8 Å². The maximum atomic E-state index is 13.2. The first-order chi connectivity index (χ1) is 11.8. The average molecular weight is 367 g/mol. The van der Waals surface area contributed by atoms with Crippen LogP contribution in [0.5, 0.6) is 0 Å². The van der Waals surface area contributed by atoms with Crippen molar-refractivity contribution in [2.45, 2.75) is 46.0 Å². The van der Waals surface area contributed by atoms with Crippen molar-refractivity contribution in [2.75, 3.05) is 11.9 Å². The van der Waals surface area contributed by atoms with Crippen molar-refractivity contribution >= 4 is 29.1 Å². The Labute approximate surface area is 152 Å². The molecule has 0 bridgehead atoms. The fourth-order valence-corrected chi connectivity index (χ4v) is 2.83. The number of hydrogen-bond donors (Lipinski definition) is 2. The number of nitrogens with one attached hydrogen (secondary N) is 2. The number of halogens is 2. The second kappa shape index (κ2) is 8.48. The number of rotatable bonds is 6. The Morgan fingerprint density at radius 3 is 2.64 bits per heavy atom.